The van der Waals surface area contributed by atoms with Crippen molar-refractivity contribution < 1.29 is 23.8 Å². The van der Waals surface area contributed by atoms with Crippen LogP contribution >= 0.6 is 11.6 Å². The molecule has 1 aromatic heterocycles. The lowest BCUT2D eigenvalue weighted by molar-refractivity contribution is 0.0727. The number of rotatable bonds is 9. The topological polar surface area (TPSA) is 102 Å². The van der Waals surface area contributed by atoms with Gasteiger partial charge >= 0.3 is 5.97 Å². The van der Waals surface area contributed by atoms with Crippen molar-refractivity contribution in [2.75, 3.05) is 13.7 Å². The monoisotopic (exact) mass is 567 g/mol. The Labute approximate surface area is 241 Å². The molecule has 4 aromatic carbocycles. The minimum absolute atomic E-state index is 0.253. The Hall–Kier alpha value is -5.08. The Kier molecular flexibility index (Phi) is 8.31. The number of methoxy groups -OCH3 is 1. The minimum Gasteiger partial charge on any atom is -0.497 e. The van der Waals surface area contributed by atoms with Crippen LogP contribution in [0.3, 0.4) is 0 Å². The number of aromatic amines is 1. The molecule has 0 spiro atoms. The number of carbonyl (C=O) groups is 2. The number of fused-ring (bicyclic) bond motifs is 1. The third-order valence-corrected chi connectivity index (χ3v) is 6.56. The van der Waals surface area contributed by atoms with Crippen molar-refractivity contribution in [3.8, 4) is 28.4 Å². The summed E-state index contributed by atoms with van der Waals surface area (Å²) in [5.74, 6) is 0.177. The normalized spacial score (nSPS) is 11.0. The van der Waals surface area contributed by atoms with Crippen LogP contribution in [0, 0.1) is 0 Å². The van der Waals surface area contributed by atoms with Crippen molar-refractivity contribution in [3.63, 3.8) is 0 Å². The molecular weight excluding hydrogens is 542 g/mol. The maximum absolute atomic E-state index is 13.2. The van der Waals surface area contributed by atoms with Crippen molar-refractivity contribution in [2.45, 2.75) is 6.92 Å². The van der Waals surface area contributed by atoms with Crippen LogP contribution in [0.5, 0.6) is 17.2 Å². The van der Waals surface area contributed by atoms with Crippen LogP contribution < -0.4 is 19.6 Å². The second-order valence-electron chi connectivity index (χ2n) is 8.86. The first-order valence-electron chi connectivity index (χ1n) is 12.8. The third kappa shape index (κ3) is 6.08. The lowest BCUT2D eigenvalue weighted by Gasteiger charge is -2.11. The zero-order valence-electron chi connectivity index (χ0n) is 22.3. The average Bonchev–Trinajstić information content (AvgIpc) is 3.38. The van der Waals surface area contributed by atoms with E-state index < -0.39 is 11.9 Å². The van der Waals surface area contributed by atoms with Gasteiger partial charge in [0.25, 0.3) is 5.91 Å². The first-order chi connectivity index (χ1) is 20.0. The molecule has 5 aromatic rings. The molecule has 41 heavy (non-hydrogen) atoms. The maximum atomic E-state index is 13.2. The number of nitrogens with zero attached hydrogens (tertiary/aromatic N) is 1. The number of hydrogen-bond acceptors (Lipinski definition) is 6. The van der Waals surface area contributed by atoms with Crippen molar-refractivity contribution >= 4 is 40.6 Å². The van der Waals surface area contributed by atoms with E-state index in [-0.39, 0.29) is 5.75 Å². The molecule has 1 amide bonds. The lowest BCUT2D eigenvalue weighted by atomic mass is 10.0. The van der Waals surface area contributed by atoms with Gasteiger partial charge in [0.2, 0.25) is 0 Å². The van der Waals surface area contributed by atoms with E-state index >= 15 is 0 Å². The number of amides is 1. The van der Waals surface area contributed by atoms with E-state index in [0.29, 0.717) is 45.5 Å². The largest absolute Gasteiger partial charge is 0.497 e. The molecule has 5 rings (SSSR count). The number of hydrogen-bond donors (Lipinski definition) is 2. The Morgan fingerprint density at radius 3 is 2.56 bits per heavy atom. The van der Waals surface area contributed by atoms with E-state index in [0.717, 1.165) is 16.5 Å². The van der Waals surface area contributed by atoms with Gasteiger partial charge in [-0.2, -0.15) is 5.10 Å². The number of benzene rings is 4. The molecule has 0 atom stereocenters. The van der Waals surface area contributed by atoms with Gasteiger partial charge < -0.3 is 19.2 Å². The molecule has 0 saturated carbocycles. The molecule has 9 heteroatoms. The molecule has 1 heterocycles. The van der Waals surface area contributed by atoms with Gasteiger partial charge in [0.1, 0.15) is 11.4 Å². The number of hydrazone groups is 1. The average molecular weight is 568 g/mol. The maximum Gasteiger partial charge on any atom is 0.343 e. The summed E-state index contributed by atoms with van der Waals surface area (Å²) in [5, 5.41) is 5.55. The van der Waals surface area contributed by atoms with Gasteiger partial charge in [0.15, 0.2) is 11.5 Å². The summed E-state index contributed by atoms with van der Waals surface area (Å²) in [5.41, 5.74) is 6.12. The van der Waals surface area contributed by atoms with Crippen molar-refractivity contribution in [2.24, 2.45) is 5.10 Å². The fourth-order valence-corrected chi connectivity index (χ4v) is 4.57. The predicted octanol–water partition coefficient (Wildman–Crippen LogP) is 6.88. The van der Waals surface area contributed by atoms with Crippen LogP contribution in [0.2, 0.25) is 5.02 Å². The Morgan fingerprint density at radius 2 is 1.76 bits per heavy atom. The lowest BCUT2D eigenvalue weighted by Crippen LogP contribution is -2.19. The molecule has 0 aliphatic rings. The van der Waals surface area contributed by atoms with Crippen molar-refractivity contribution in [3.05, 3.63) is 113 Å². The van der Waals surface area contributed by atoms with E-state index in [2.05, 4.69) is 15.5 Å². The van der Waals surface area contributed by atoms with E-state index in [1.807, 2.05) is 49.4 Å². The number of esters is 1. The molecular formula is C32H26ClN3O5. The quantitative estimate of drug-likeness (QED) is 0.0875. The van der Waals surface area contributed by atoms with Gasteiger partial charge in [0, 0.05) is 27.1 Å². The third-order valence-electron chi connectivity index (χ3n) is 6.23. The zero-order valence-corrected chi connectivity index (χ0v) is 23.1. The number of para-hydroxylation sites is 1. The van der Waals surface area contributed by atoms with Crippen LogP contribution in [0.1, 0.15) is 33.3 Å². The summed E-state index contributed by atoms with van der Waals surface area (Å²) in [6.45, 7) is 2.18. The van der Waals surface area contributed by atoms with Gasteiger partial charge in [-0.25, -0.2) is 10.2 Å². The molecule has 0 fully saturated rings. The van der Waals surface area contributed by atoms with Crippen LogP contribution in [0.15, 0.2) is 96.1 Å². The second-order valence-corrected chi connectivity index (χ2v) is 9.27. The zero-order chi connectivity index (χ0) is 28.8. The molecule has 206 valence electrons. The van der Waals surface area contributed by atoms with Gasteiger partial charge in [-0.05, 0) is 61.0 Å². The minimum atomic E-state index is -0.550. The molecule has 0 aliphatic carbocycles. The van der Waals surface area contributed by atoms with Crippen molar-refractivity contribution in [1.82, 2.24) is 10.4 Å². The fraction of sp³-hybridized carbons (Fsp3) is 0.0938. The number of ether oxygens (including phenoxy) is 3. The Morgan fingerprint density at radius 1 is 0.951 bits per heavy atom. The number of halogens is 1. The van der Waals surface area contributed by atoms with Crippen LogP contribution in [0.4, 0.5) is 0 Å². The van der Waals surface area contributed by atoms with Gasteiger partial charge in [-0.1, -0.05) is 54.1 Å². The summed E-state index contributed by atoms with van der Waals surface area (Å²) in [6, 6.07) is 26.7. The van der Waals surface area contributed by atoms with Gasteiger partial charge in [-0.15, -0.1) is 0 Å². The highest BCUT2D eigenvalue weighted by Gasteiger charge is 2.20. The number of aromatic nitrogens is 1. The van der Waals surface area contributed by atoms with Crippen LogP contribution in [-0.4, -0.2) is 36.8 Å². The first-order valence-corrected chi connectivity index (χ1v) is 13.2. The Balaban J connectivity index is 1.35. The summed E-state index contributed by atoms with van der Waals surface area (Å²) in [4.78, 5) is 29.1. The molecule has 0 bridgehead atoms. The Bertz CT molecular complexity index is 1760. The summed E-state index contributed by atoms with van der Waals surface area (Å²) < 4.78 is 16.5. The highest BCUT2D eigenvalue weighted by Crippen LogP contribution is 2.36. The molecule has 2 N–H and O–H groups in total. The summed E-state index contributed by atoms with van der Waals surface area (Å²) in [7, 11) is 1.53. The smallest absolute Gasteiger partial charge is 0.343 e. The standard InChI is InChI=1S/C32H26ClN3O5/c1-3-40-28-17-20(15-16-27(28)41-32(38)21-9-8-10-22(18-21)39-2)19-34-36-31(37)30-29(23-11-4-6-13-25(23)33)24-12-5-7-14-26(24)35-30/h4-19,35H,3H2,1-2H3,(H,36,37). The fourth-order valence-electron chi connectivity index (χ4n) is 4.34. The summed E-state index contributed by atoms with van der Waals surface area (Å²) in [6.07, 6.45) is 1.48. The molecule has 0 radical (unpaired) electrons. The van der Waals surface area contributed by atoms with Gasteiger partial charge in [-0.3, -0.25) is 4.79 Å². The second kappa shape index (κ2) is 12.4. The van der Waals surface area contributed by atoms with Gasteiger partial charge in [0.05, 0.1) is 25.5 Å². The number of nitrogens with one attached hydrogen (secondary N) is 2. The van der Waals surface area contributed by atoms with Crippen molar-refractivity contribution in [1.29, 1.82) is 0 Å². The molecule has 0 aliphatic heterocycles. The number of H-pyrrole nitrogens is 1. The van der Waals surface area contributed by atoms with E-state index in [1.165, 1.54) is 13.3 Å². The van der Waals surface area contributed by atoms with E-state index in [9.17, 15) is 9.59 Å². The highest BCUT2D eigenvalue weighted by molar-refractivity contribution is 6.34. The molecule has 0 unspecified atom stereocenters. The molecule has 8 nitrogen and oxygen atoms in total. The SMILES string of the molecule is CCOc1cc(C=NNC(=O)c2[nH]c3ccccc3c2-c2ccccc2Cl)ccc1OC(=O)c1cccc(OC)c1. The van der Waals surface area contributed by atoms with E-state index in [4.69, 9.17) is 25.8 Å². The molecule has 0 saturated heterocycles. The highest BCUT2D eigenvalue weighted by atomic mass is 35.5. The van der Waals surface area contributed by atoms with E-state index in [1.54, 1.807) is 48.5 Å². The van der Waals surface area contributed by atoms with Crippen LogP contribution in [0.25, 0.3) is 22.0 Å². The predicted molar refractivity (Wildman–Crippen MR) is 159 cm³/mol. The first kappa shape index (κ1) is 27.5. The summed E-state index contributed by atoms with van der Waals surface area (Å²) >= 11 is 6.49. The van der Waals surface area contributed by atoms with Crippen LogP contribution in [-0.2, 0) is 0 Å². The number of carbonyl (C=O) groups excluding carboxylic acids is 2.